The summed E-state index contributed by atoms with van der Waals surface area (Å²) in [5.74, 6) is -0.0242. The fourth-order valence-corrected chi connectivity index (χ4v) is 3.59. The quantitative estimate of drug-likeness (QED) is 0.833. The van der Waals surface area contributed by atoms with Crippen LogP contribution in [0.5, 0.6) is 5.75 Å². The van der Waals surface area contributed by atoms with Gasteiger partial charge in [0, 0.05) is 17.3 Å². The Morgan fingerprint density at radius 2 is 1.78 bits per heavy atom. The summed E-state index contributed by atoms with van der Waals surface area (Å²) in [6.07, 6.45) is -4.77. The Bertz CT molecular complexity index is 857. The van der Waals surface area contributed by atoms with Gasteiger partial charge < -0.3 is 4.74 Å². The van der Waals surface area contributed by atoms with Gasteiger partial charge in [-0.05, 0) is 44.7 Å². The van der Waals surface area contributed by atoms with E-state index in [-0.39, 0.29) is 18.1 Å². The van der Waals surface area contributed by atoms with Crippen molar-refractivity contribution in [2.45, 2.75) is 58.0 Å². The first-order chi connectivity index (χ1) is 12.5. The van der Waals surface area contributed by atoms with Crippen molar-refractivity contribution in [1.82, 2.24) is 10.4 Å². The zero-order chi connectivity index (χ0) is 20.0. The number of ether oxygens (including phenoxy) is 1. The molecule has 27 heavy (non-hydrogen) atoms. The molecule has 146 valence electrons. The van der Waals surface area contributed by atoms with E-state index in [0.29, 0.717) is 16.5 Å². The van der Waals surface area contributed by atoms with Gasteiger partial charge in [-0.1, -0.05) is 30.3 Å². The molecule has 0 aliphatic carbocycles. The summed E-state index contributed by atoms with van der Waals surface area (Å²) in [6.45, 7) is 6.90. The van der Waals surface area contributed by atoms with Crippen molar-refractivity contribution < 1.29 is 22.7 Å². The average molecular weight is 380 g/mol. The third-order valence-corrected chi connectivity index (χ3v) is 4.61. The number of halogens is 3. The number of hydrazine groups is 1. The number of rotatable bonds is 4. The van der Waals surface area contributed by atoms with Crippen LogP contribution in [-0.4, -0.2) is 28.7 Å². The highest BCUT2D eigenvalue weighted by molar-refractivity contribution is 5.92. The minimum atomic E-state index is -4.59. The number of nitrogens with one attached hydrogen (secondary N) is 1. The minimum Gasteiger partial charge on any atom is -0.490 e. The number of fused-ring (bicyclic) bond motifs is 1. The lowest BCUT2D eigenvalue weighted by Crippen LogP contribution is -2.51. The molecule has 0 aromatic heterocycles. The van der Waals surface area contributed by atoms with Gasteiger partial charge in [0.1, 0.15) is 5.75 Å². The molecule has 2 aromatic rings. The van der Waals surface area contributed by atoms with Gasteiger partial charge in [0.2, 0.25) is 5.91 Å². The molecule has 1 N–H and O–H groups in total. The van der Waals surface area contributed by atoms with E-state index in [1.807, 2.05) is 13.8 Å². The first-order valence-electron chi connectivity index (χ1n) is 8.84. The molecule has 4 nitrogen and oxygen atoms in total. The molecule has 1 saturated heterocycles. The fraction of sp³-hybridized carbons (Fsp3) is 0.450. The van der Waals surface area contributed by atoms with Crippen molar-refractivity contribution in [1.29, 1.82) is 0 Å². The smallest absolute Gasteiger partial charge is 0.409 e. The van der Waals surface area contributed by atoms with E-state index >= 15 is 0 Å². The normalized spacial score (nSPS) is 18.7. The van der Waals surface area contributed by atoms with Crippen LogP contribution in [-0.2, 0) is 4.79 Å². The van der Waals surface area contributed by atoms with E-state index < -0.39 is 23.7 Å². The zero-order valence-corrected chi connectivity index (χ0v) is 15.7. The third kappa shape index (κ3) is 3.74. The van der Waals surface area contributed by atoms with Crippen molar-refractivity contribution in [3.05, 3.63) is 42.0 Å². The van der Waals surface area contributed by atoms with Gasteiger partial charge >= 0.3 is 6.18 Å². The van der Waals surface area contributed by atoms with Crippen LogP contribution in [0.2, 0.25) is 0 Å². The summed E-state index contributed by atoms with van der Waals surface area (Å²) in [6, 6.07) is 8.01. The van der Waals surface area contributed by atoms with Crippen LogP contribution in [0.3, 0.4) is 0 Å². The number of alkyl halides is 3. The Balaban J connectivity index is 2.24. The number of nitrogens with zero attached hydrogens (tertiary/aromatic N) is 1. The molecule has 1 aliphatic heterocycles. The maximum absolute atomic E-state index is 14.2. The molecular formula is C20H23F3N2O2. The van der Waals surface area contributed by atoms with Crippen molar-refractivity contribution in [3.8, 4) is 5.75 Å². The molecule has 3 rings (SSSR count). The van der Waals surface area contributed by atoms with Crippen molar-refractivity contribution in [2.24, 2.45) is 0 Å². The Morgan fingerprint density at radius 1 is 1.15 bits per heavy atom. The van der Waals surface area contributed by atoms with E-state index in [1.165, 1.54) is 6.07 Å². The topological polar surface area (TPSA) is 41.6 Å². The monoisotopic (exact) mass is 380 g/mol. The Kier molecular flexibility index (Phi) is 4.84. The molecule has 1 amide bonds. The second kappa shape index (κ2) is 6.71. The summed E-state index contributed by atoms with van der Waals surface area (Å²) >= 11 is 0. The molecule has 1 heterocycles. The molecule has 7 heteroatoms. The second-order valence-electron chi connectivity index (χ2n) is 7.71. The predicted octanol–water partition coefficient (Wildman–Crippen LogP) is 4.75. The molecule has 0 radical (unpaired) electrons. The maximum Gasteiger partial charge on any atom is 0.409 e. The highest BCUT2D eigenvalue weighted by Gasteiger charge is 2.53. The molecule has 2 aromatic carbocycles. The van der Waals surface area contributed by atoms with Gasteiger partial charge in [0.25, 0.3) is 0 Å². The highest BCUT2D eigenvalue weighted by Crippen LogP contribution is 2.46. The molecule has 0 bridgehead atoms. The van der Waals surface area contributed by atoms with E-state index in [2.05, 4.69) is 5.43 Å². The molecule has 1 aliphatic rings. The maximum atomic E-state index is 14.2. The Morgan fingerprint density at radius 3 is 2.30 bits per heavy atom. The van der Waals surface area contributed by atoms with Crippen molar-refractivity contribution in [2.75, 3.05) is 0 Å². The number of hydrogen-bond acceptors (Lipinski definition) is 3. The number of carbonyl (C=O) groups is 1. The standard InChI is InChI=1S/C20H23F3N2O2/c1-12(2)27-15-10-6-8-13-7-5-9-14(17(13)15)18(20(21,22)23)25-19(3,4)11-16(26)24-25/h5-10,12,18H,11H2,1-4H3,(H,24,26). The third-order valence-electron chi connectivity index (χ3n) is 4.61. The minimum absolute atomic E-state index is 0.000300. The van der Waals surface area contributed by atoms with E-state index in [4.69, 9.17) is 4.74 Å². The lowest BCUT2D eigenvalue weighted by atomic mass is 9.93. The molecule has 1 atom stereocenters. The van der Waals surface area contributed by atoms with Crippen LogP contribution in [0.15, 0.2) is 36.4 Å². The molecular weight excluding hydrogens is 357 g/mol. The van der Waals surface area contributed by atoms with Crippen molar-refractivity contribution >= 4 is 16.7 Å². The zero-order valence-electron chi connectivity index (χ0n) is 15.7. The first kappa shape index (κ1) is 19.5. The summed E-state index contributed by atoms with van der Waals surface area (Å²) in [5, 5.41) is 2.09. The van der Waals surface area contributed by atoms with E-state index in [1.54, 1.807) is 44.2 Å². The van der Waals surface area contributed by atoms with Crippen LogP contribution in [0, 0.1) is 0 Å². The number of hydrogen-bond donors (Lipinski definition) is 1. The van der Waals surface area contributed by atoms with Gasteiger partial charge in [0.15, 0.2) is 6.04 Å². The first-order valence-corrected chi connectivity index (χ1v) is 8.84. The molecule has 1 fully saturated rings. The number of benzene rings is 2. The van der Waals surface area contributed by atoms with Gasteiger partial charge in [-0.2, -0.15) is 18.2 Å². The van der Waals surface area contributed by atoms with Gasteiger partial charge in [-0.3, -0.25) is 10.2 Å². The summed E-state index contributed by atoms with van der Waals surface area (Å²) in [4.78, 5) is 11.9. The lowest BCUT2D eigenvalue weighted by Gasteiger charge is -2.38. The highest BCUT2D eigenvalue weighted by atomic mass is 19.4. The Hall–Kier alpha value is -2.28. The predicted molar refractivity (Wildman–Crippen MR) is 97.2 cm³/mol. The van der Waals surface area contributed by atoms with E-state index in [9.17, 15) is 18.0 Å². The second-order valence-corrected chi connectivity index (χ2v) is 7.71. The number of carbonyl (C=O) groups excluding carboxylic acids is 1. The van der Waals surface area contributed by atoms with Crippen LogP contribution < -0.4 is 10.2 Å². The SMILES string of the molecule is CC(C)Oc1cccc2cccc(C(N3NC(=O)CC3(C)C)C(F)(F)F)c12. The number of amides is 1. The summed E-state index contributed by atoms with van der Waals surface area (Å²) in [7, 11) is 0. The van der Waals surface area contributed by atoms with Gasteiger partial charge in [0.05, 0.1) is 6.10 Å². The van der Waals surface area contributed by atoms with Crippen LogP contribution >= 0.6 is 0 Å². The van der Waals surface area contributed by atoms with Crippen LogP contribution in [0.25, 0.3) is 10.8 Å². The molecule has 1 unspecified atom stereocenters. The molecule has 0 saturated carbocycles. The van der Waals surface area contributed by atoms with E-state index in [0.717, 1.165) is 5.01 Å². The van der Waals surface area contributed by atoms with Gasteiger partial charge in [-0.25, -0.2) is 0 Å². The average Bonchev–Trinajstić information content (AvgIpc) is 2.78. The van der Waals surface area contributed by atoms with Crippen LogP contribution in [0.1, 0.15) is 45.7 Å². The van der Waals surface area contributed by atoms with Crippen LogP contribution in [0.4, 0.5) is 13.2 Å². The van der Waals surface area contributed by atoms with Crippen molar-refractivity contribution in [3.63, 3.8) is 0 Å². The Labute approximate surface area is 156 Å². The largest absolute Gasteiger partial charge is 0.490 e. The van der Waals surface area contributed by atoms with Gasteiger partial charge in [-0.15, -0.1) is 0 Å². The lowest BCUT2D eigenvalue weighted by molar-refractivity contribution is -0.203. The summed E-state index contributed by atoms with van der Waals surface area (Å²) in [5.41, 5.74) is 1.49. The summed E-state index contributed by atoms with van der Waals surface area (Å²) < 4.78 is 48.4. The molecule has 0 spiro atoms. The fourth-order valence-electron chi connectivity index (χ4n) is 3.59.